The Morgan fingerprint density at radius 2 is 1.82 bits per heavy atom. The largest absolute Gasteiger partial charge is 0.497 e. The highest BCUT2D eigenvalue weighted by Crippen LogP contribution is 2.40. The van der Waals surface area contributed by atoms with Crippen molar-refractivity contribution in [1.82, 2.24) is 9.80 Å². The van der Waals surface area contributed by atoms with E-state index in [0.29, 0.717) is 12.4 Å². The molecule has 0 aliphatic carbocycles. The van der Waals surface area contributed by atoms with Gasteiger partial charge in [0, 0.05) is 44.4 Å². The van der Waals surface area contributed by atoms with E-state index in [-0.39, 0.29) is 11.9 Å². The summed E-state index contributed by atoms with van der Waals surface area (Å²) in [6, 6.07) is 21.6. The third-order valence-corrected chi connectivity index (χ3v) is 6.54. The van der Waals surface area contributed by atoms with Crippen LogP contribution in [-0.4, -0.2) is 49.6 Å². The SMILES string of the molecule is COc1cccc(/C=C/CN2CCN(C3c4ccccc4COc4cc(F)ccc43)CC2)c1. The Hall–Kier alpha value is -3.15. The molecule has 0 spiro atoms. The zero-order valence-corrected chi connectivity index (χ0v) is 18.9. The van der Waals surface area contributed by atoms with Crippen LogP contribution in [-0.2, 0) is 6.61 Å². The van der Waals surface area contributed by atoms with Gasteiger partial charge < -0.3 is 9.47 Å². The molecule has 0 amide bonds. The molecule has 5 heteroatoms. The monoisotopic (exact) mass is 444 g/mol. The van der Waals surface area contributed by atoms with Gasteiger partial charge in [0.15, 0.2) is 0 Å². The van der Waals surface area contributed by atoms with Gasteiger partial charge >= 0.3 is 0 Å². The van der Waals surface area contributed by atoms with Gasteiger partial charge in [0.2, 0.25) is 0 Å². The zero-order chi connectivity index (χ0) is 22.6. The van der Waals surface area contributed by atoms with E-state index >= 15 is 0 Å². The van der Waals surface area contributed by atoms with Crippen molar-refractivity contribution < 1.29 is 13.9 Å². The Kier molecular flexibility index (Phi) is 6.42. The first kappa shape index (κ1) is 21.7. The molecule has 0 N–H and O–H groups in total. The molecule has 1 fully saturated rings. The minimum Gasteiger partial charge on any atom is -0.497 e. The second-order valence-electron chi connectivity index (χ2n) is 8.59. The summed E-state index contributed by atoms with van der Waals surface area (Å²) in [5, 5.41) is 0. The molecule has 0 radical (unpaired) electrons. The van der Waals surface area contributed by atoms with Gasteiger partial charge in [-0.25, -0.2) is 4.39 Å². The van der Waals surface area contributed by atoms with Crippen LogP contribution in [0.3, 0.4) is 0 Å². The molecule has 0 saturated carbocycles. The number of rotatable bonds is 5. The van der Waals surface area contributed by atoms with Crippen LogP contribution >= 0.6 is 0 Å². The molecule has 1 unspecified atom stereocenters. The molecule has 3 aromatic carbocycles. The molecule has 1 saturated heterocycles. The van der Waals surface area contributed by atoms with Crippen molar-refractivity contribution in [3.8, 4) is 11.5 Å². The number of benzene rings is 3. The average Bonchev–Trinajstić information content (AvgIpc) is 3.01. The number of fused-ring (bicyclic) bond motifs is 2. The van der Waals surface area contributed by atoms with E-state index in [9.17, 15) is 4.39 Å². The van der Waals surface area contributed by atoms with E-state index in [2.05, 4.69) is 46.2 Å². The summed E-state index contributed by atoms with van der Waals surface area (Å²) in [7, 11) is 1.69. The van der Waals surface area contributed by atoms with E-state index in [1.165, 1.54) is 17.2 Å². The summed E-state index contributed by atoms with van der Waals surface area (Å²) in [5.41, 5.74) is 4.62. The van der Waals surface area contributed by atoms with E-state index in [4.69, 9.17) is 9.47 Å². The average molecular weight is 445 g/mol. The lowest BCUT2D eigenvalue weighted by atomic mass is 9.93. The number of piperazine rings is 1. The predicted octanol–water partition coefficient (Wildman–Crippen LogP) is 5.15. The van der Waals surface area contributed by atoms with Crippen molar-refractivity contribution in [2.24, 2.45) is 0 Å². The molecule has 2 aliphatic heterocycles. The smallest absolute Gasteiger partial charge is 0.127 e. The Morgan fingerprint density at radius 1 is 0.970 bits per heavy atom. The molecule has 1 atom stereocenters. The highest BCUT2D eigenvalue weighted by atomic mass is 19.1. The first-order chi connectivity index (χ1) is 16.2. The molecule has 4 nitrogen and oxygen atoms in total. The van der Waals surface area contributed by atoms with Crippen molar-refractivity contribution in [3.63, 3.8) is 0 Å². The first-order valence-electron chi connectivity index (χ1n) is 11.5. The van der Waals surface area contributed by atoms with Crippen molar-refractivity contribution in [3.05, 3.63) is 101 Å². The molecule has 0 aromatic heterocycles. The molecule has 3 aromatic rings. The highest BCUT2D eigenvalue weighted by molar-refractivity contribution is 5.52. The van der Waals surface area contributed by atoms with E-state index in [1.807, 2.05) is 30.3 Å². The maximum atomic E-state index is 13.9. The summed E-state index contributed by atoms with van der Waals surface area (Å²) in [4.78, 5) is 4.98. The van der Waals surface area contributed by atoms with E-state index in [1.54, 1.807) is 13.2 Å². The standard InChI is InChI=1S/C28H29FN2O2/c1-32-24-9-4-6-21(18-24)7-5-13-30-14-16-31(17-15-30)28-25-10-3-2-8-22(25)20-33-27-19-23(29)11-12-26(27)28/h2-12,18-19,28H,13-17,20H2,1H3/b7-5+. The van der Waals surface area contributed by atoms with E-state index < -0.39 is 0 Å². The second kappa shape index (κ2) is 9.77. The number of nitrogens with zero attached hydrogens (tertiary/aromatic N) is 2. The number of hydrogen-bond acceptors (Lipinski definition) is 4. The molecule has 33 heavy (non-hydrogen) atoms. The third kappa shape index (κ3) is 4.80. The highest BCUT2D eigenvalue weighted by Gasteiger charge is 2.31. The molecule has 0 bridgehead atoms. The lowest BCUT2D eigenvalue weighted by Crippen LogP contribution is -2.47. The van der Waals surface area contributed by atoms with Crippen LogP contribution in [0.2, 0.25) is 0 Å². The van der Waals surface area contributed by atoms with Gasteiger partial charge in [-0.15, -0.1) is 0 Å². The molecule has 5 rings (SSSR count). The summed E-state index contributed by atoms with van der Waals surface area (Å²) < 4.78 is 25.3. The fraction of sp³-hybridized carbons (Fsp3) is 0.286. The lowest BCUT2D eigenvalue weighted by Gasteiger charge is -2.39. The van der Waals surface area contributed by atoms with Gasteiger partial charge in [-0.1, -0.05) is 54.6 Å². The molecular formula is C28H29FN2O2. The Bertz CT molecular complexity index is 1140. The third-order valence-electron chi connectivity index (χ3n) is 6.54. The minimum absolute atomic E-state index is 0.0776. The minimum atomic E-state index is -0.258. The fourth-order valence-corrected chi connectivity index (χ4v) is 4.80. The number of hydrogen-bond donors (Lipinski definition) is 0. The van der Waals surface area contributed by atoms with Gasteiger partial charge in [-0.2, -0.15) is 0 Å². The van der Waals surface area contributed by atoms with Crippen LogP contribution in [0.1, 0.15) is 28.3 Å². The van der Waals surface area contributed by atoms with Gasteiger partial charge in [0.1, 0.15) is 23.9 Å². The molecule has 170 valence electrons. The fourth-order valence-electron chi connectivity index (χ4n) is 4.80. The summed E-state index contributed by atoms with van der Waals surface area (Å²) in [6.07, 6.45) is 4.37. The summed E-state index contributed by atoms with van der Waals surface area (Å²) in [6.45, 7) is 5.25. The molecule has 2 aliphatic rings. The second-order valence-corrected chi connectivity index (χ2v) is 8.59. The molecular weight excluding hydrogens is 415 g/mol. The summed E-state index contributed by atoms with van der Waals surface area (Å²) >= 11 is 0. The van der Waals surface area contributed by atoms with Crippen LogP contribution in [0, 0.1) is 5.82 Å². The zero-order valence-electron chi connectivity index (χ0n) is 18.9. The quantitative estimate of drug-likeness (QED) is 0.544. The number of halogens is 1. The van der Waals surface area contributed by atoms with Gasteiger partial charge in [0.25, 0.3) is 0 Å². The van der Waals surface area contributed by atoms with Crippen LogP contribution < -0.4 is 9.47 Å². The van der Waals surface area contributed by atoms with Crippen molar-refractivity contribution in [1.29, 1.82) is 0 Å². The Labute approximate surface area is 194 Å². The lowest BCUT2D eigenvalue weighted by molar-refractivity contribution is 0.117. The van der Waals surface area contributed by atoms with Crippen LogP contribution in [0.4, 0.5) is 4.39 Å². The van der Waals surface area contributed by atoms with Crippen molar-refractivity contribution in [2.45, 2.75) is 12.6 Å². The first-order valence-corrected chi connectivity index (χ1v) is 11.5. The number of methoxy groups -OCH3 is 1. The van der Waals surface area contributed by atoms with Crippen LogP contribution in [0.15, 0.2) is 72.8 Å². The van der Waals surface area contributed by atoms with Crippen LogP contribution in [0.5, 0.6) is 11.5 Å². The van der Waals surface area contributed by atoms with Crippen molar-refractivity contribution >= 4 is 6.08 Å². The number of ether oxygens (including phenoxy) is 2. The van der Waals surface area contributed by atoms with Gasteiger partial charge in [-0.05, 0) is 34.9 Å². The Morgan fingerprint density at radius 3 is 2.67 bits per heavy atom. The topological polar surface area (TPSA) is 24.9 Å². The Balaban J connectivity index is 1.29. The van der Waals surface area contributed by atoms with Crippen LogP contribution in [0.25, 0.3) is 6.08 Å². The van der Waals surface area contributed by atoms with Crippen molar-refractivity contribution in [2.75, 3.05) is 39.8 Å². The summed E-state index contributed by atoms with van der Waals surface area (Å²) in [5.74, 6) is 1.27. The predicted molar refractivity (Wildman–Crippen MR) is 129 cm³/mol. The maximum absolute atomic E-state index is 13.9. The molecule has 2 heterocycles. The normalized spacial score (nSPS) is 18.9. The van der Waals surface area contributed by atoms with Gasteiger partial charge in [-0.3, -0.25) is 9.80 Å². The maximum Gasteiger partial charge on any atom is 0.127 e. The van der Waals surface area contributed by atoms with Gasteiger partial charge in [0.05, 0.1) is 13.2 Å². The van der Waals surface area contributed by atoms with E-state index in [0.717, 1.165) is 49.6 Å².